The molecule has 1 fully saturated rings. The fourth-order valence-corrected chi connectivity index (χ4v) is 2.55. The van der Waals surface area contributed by atoms with Crippen molar-refractivity contribution in [3.8, 4) is 5.88 Å². The maximum Gasteiger partial charge on any atom is 0.213 e. The number of piperidine rings is 1. The molecule has 27 heavy (non-hydrogen) atoms. The second-order valence-electron chi connectivity index (χ2n) is 5.80. The van der Waals surface area contributed by atoms with Gasteiger partial charge in [-0.2, -0.15) is 4.99 Å². The Morgan fingerprint density at radius 1 is 1.19 bits per heavy atom. The minimum Gasteiger partial charge on any atom is -0.474 e. The zero-order chi connectivity index (χ0) is 20.1. The lowest BCUT2D eigenvalue weighted by Crippen LogP contribution is -2.33. The number of rotatable bonds is 8. The van der Waals surface area contributed by atoms with Crippen molar-refractivity contribution in [3.05, 3.63) is 48.3 Å². The van der Waals surface area contributed by atoms with Crippen LogP contribution in [0.2, 0.25) is 0 Å². The number of aromatic nitrogens is 1. The molecular weight excluding hydrogens is 342 g/mol. The molecule has 2 rings (SSSR count). The first-order chi connectivity index (χ1) is 13.1. The zero-order valence-electron chi connectivity index (χ0n) is 16.8. The molecule has 0 saturated carbocycles. The van der Waals surface area contributed by atoms with E-state index in [2.05, 4.69) is 21.5 Å². The highest BCUT2D eigenvalue weighted by Gasteiger charge is 2.14. The van der Waals surface area contributed by atoms with Crippen LogP contribution < -0.4 is 16.2 Å². The minimum atomic E-state index is 0.205. The molecule has 150 valence electrons. The van der Waals surface area contributed by atoms with Gasteiger partial charge in [-0.1, -0.05) is 19.9 Å². The second-order valence-corrected chi connectivity index (χ2v) is 5.80. The van der Waals surface area contributed by atoms with E-state index in [1.807, 2.05) is 32.9 Å². The monoisotopic (exact) mass is 375 g/mol. The van der Waals surface area contributed by atoms with Crippen molar-refractivity contribution in [1.29, 1.82) is 0 Å². The second kappa shape index (κ2) is 12.6. The Labute approximate surface area is 162 Å². The van der Waals surface area contributed by atoms with Gasteiger partial charge in [-0.15, -0.1) is 0 Å². The van der Waals surface area contributed by atoms with Crippen LogP contribution in [0.3, 0.4) is 0 Å². The number of pyridine rings is 1. The molecule has 0 atom stereocenters. The summed E-state index contributed by atoms with van der Waals surface area (Å²) in [6.45, 7) is 12.3. The molecule has 0 aliphatic carbocycles. The standard InChI is InChI=1S/C18H27N5O2.C2H6/c1-14(23-10-6-3-7-11-23)17(19)18(20)22-15(2)24-12-13-25-16-8-4-5-9-21-16;1-2/h4-5,8-9H,2-3,6-7,10-13,19H2,1H3,(H2,20,22);1-2H3/b17-14-;. The maximum atomic E-state index is 6.12. The SMILES string of the molecule is C=C(/N=C(N)\C(N)=C(/C)N1CCCCC1)OCCOc1ccccn1.CC. The quantitative estimate of drug-likeness (QED) is 0.314. The molecule has 0 spiro atoms. The van der Waals surface area contributed by atoms with Crippen LogP contribution in [0.4, 0.5) is 0 Å². The van der Waals surface area contributed by atoms with Crippen LogP contribution in [0, 0.1) is 0 Å². The number of amidine groups is 1. The molecule has 0 unspecified atom stereocenters. The van der Waals surface area contributed by atoms with Gasteiger partial charge in [0.15, 0.2) is 5.84 Å². The molecule has 1 aliphatic rings. The first-order valence-electron chi connectivity index (χ1n) is 9.49. The van der Waals surface area contributed by atoms with Crippen LogP contribution in [-0.2, 0) is 4.74 Å². The molecular formula is C20H33N5O2. The average Bonchev–Trinajstić information content (AvgIpc) is 2.73. The first-order valence-corrected chi connectivity index (χ1v) is 9.49. The molecule has 0 aromatic carbocycles. The number of nitrogens with zero attached hydrogens (tertiary/aromatic N) is 3. The van der Waals surface area contributed by atoms with Crippen LogP contribution in [0.25, 0.3) is 0 Å². The van der Waals surface area contributed by atoms with E-state index in [0.717, 1.165) is 18.8 Å². The normalized spacial score (nSPS) is 15.2. The van der Waals surface area contributed by atoms with E-state index in [0.29, 0.717) is 24.8 Å². The van der Waals surface area contributed by atoms with Crippen molar-refractivity contribution in [2.45, 2.75) is 40.0 Å². The third kappa shape index (κ3) is 8.02. The Morgan fingerprint density at radius 2 is 1.89 bits per heavy atom. The van der Waals surface area contributed by atoms with Crippen LogP contribution in [-0.4, -0.2) is 42.0 Å². The van der Waals surface area contributed by atoms with E-state index in [1.54, 1.807) is 12.3 Å². The molecule has 4 N–H and O–H groups in total. The summed E-state index contributed by atoms with van der Waals surface area (Å²) in [5.41, 5.74) is 13.5. The van der Waals surface area contributed by atoms with Gasteiger partial charge in [-0.05, 0) is 38.8 Å². The van der Waals surface area contributed by atoms with Gasteiger partial charge in [-0.25, -0.2) is 4.98 Å². The molecule has 1 aromatic rings. The fourth-order valence-electron chi connectivity index (χ4n) is 2.55. The third-order valence-electron chi connectivity index (χ3n) is 3.98. The first kappa shape index (κ1) is 22.3. The van der Waals surface area contributed by atoms with Crippen molar-refractivity contribution in [1.82, 2.24) is 9.88 Å². The predicted octanol–water partition coefficient (Wildman–Crippen LogP) is 3.01. The molecule has 7 nitrogen and oxygen atoms in total. The molecule has 1 aliphatic heterocycles. The van der Waals surface area contributed by atoms with E-state index in [9.17, 15) is 0 Å². The summed E-state index contributed by atoms with van der Waals surface area (Å²) in [4.78, 5) is 10.4. The number of aliphatic imine (C=N–C) groups is 1. The van der Waals surface area contributed by atoms with E-state index in [4.69, 9.17) is 20.9 Å². The Balaban J connectivity index is 0.00000176. The topological polar surface area (TPSA) is 99.0 Å². The Hall–Kier alpha value is -2.70. The van der Waals surface area contributed by atoms with Crippen molar-refractivity contribution in [3.63, 3.8) is 0 Å². The van der Waals surface area contributed by atoms with Gasteiger partial charge in [0.1, 0.15) is 13.2 Å². The number of hydrogen-bond donors (Lipinski definition) is 2. The van der Waals surface area contributed by atoms with E-state index in [-0.39, 0.29) is 11.7 Å². The average molecular weight is 376 g/mol. The zero-order valence-corrected chi connectivity index (χ0v) is 16.8. The molecule has 2 heterocycles. The molecule has 7 heteroatoms. The summed E-state index contributed by atoms with van der Waals surface area (Å²) in [6.07, 6.45) is 5.28. The lowest BCUT2D eigenvalue weighted by Gasteiger charge is -2.30. The number of hydrogen-bond acceptors (Lipinski definition) is 6. The molecule has 0 bridgehead atoms. The van der Waals surface area contributed by atoms with Gasteiger partial charge in [0.25, 0.3) is 0 Å². The number of likely N-dealkylation sites (tertiary alicyclic amines) is 1. The highest BCUT2D eigenvalue weighted by molar-refractivity contribution is 5.97. The van der Waals surface area contributed by atoms with Crippen molar-refractivity contribution < 1.29 is 9.47 Å². The smallest absolute Gasteiger partial charge is 0.213 e. The molecule has 1 aromatic heterocycles. The van der Waals surface area contributed by atoms with Gasteiger partial charge in [-0.3, -0.25) is 0 Å². The largest absolute Gasteiger partial charge is 0.474 e. The van der Waals surface area contributed by atoms with Gasteiger partial charge in [0, 0.05) is 31.0 Å². The minimum absolute atomic E-state index is 0.205. The summed E-state index contributed by atoms with van der Waals surface area (Å²) >= 11 is 0. The van der Waals surface area contributed by atoms with Crippen LogP contribution in [0.1, 0.15) is 40.0 Å². The molecule has 0 amide bonds. The van der Waals surface area contributed by atoms with Crippen LogP contribution in [0.15, 0.2) is 53.2 Å². The van der Waals surface area contributed by atoms with Gasteiger partial charge < -0.3 is 25.8 Å². The summed E-state index contributed by atoms with van der Waals surface area (Å²) in [7, 11) is 0. The van der Waals surface area contributed by atoms with Gasteiger partial charge in [0.2, 0.25) is 11.8 Å². The number of nitrogens with two attached hydrogens (primary N) is 2. The lowest BCUT2D eigenvalue weighted by molar-refractivity contribution is 0.153. The lowest BCUT2D eigenvalue weighted by atomic mass is 10.1. The highest BCUT2D eigenvalue weighted by Crippen LogP contribution is 2.16. The molecule has 0 radical (unpaired) electrons. The fraction of sp³-hybridized carbons (Fsp3) is 0.500. The number of ether oxygens (including phenoxy) is 2. The summed E-state index contributed by atoms with van der Waals surface area (Å²) in [5.74, 6) is 0.972. The summed E-state index contributed by atoms with van der Waals surface area (Å²) in [5, 5.41) is 0. The van der Waals surface area contributed by atoms with Crippen LogP contribution >= 0.6 is 0 Å². The van der Waals surface area contributed by atoms with Crippen molar-refractivity contribution in [2.75, 3.05) is 26.3 Å². The Bertz CT molecular complexity index is 623. The van der Waals surface area contributed by atoms with Crippen molar-refractivity contribution >= 4 is 5.84 Å². The van der Waals surface area contributed by atoms with Gasteiger partial charge in [0.05, 0.1) is 5.70 Å². The van der Waals surface area contributed by atoms with Crippen molar-refractivity contribution in [2.24, 2.45) is 16.5 Å². The maximum absolute atomic E-state index is 6.12. The van der Waals surface area contributed by atoms with Gasteiger partial charge >= 0.3 is 0 Å². The Kier molecular flexibility index (Phi) is 10.4. The van der Waals surface area contributed by atoms with Crippen LogP contribution in [0.5, 0.6) is 5.88 Å². The molecule has 1 saturated heterocycles. The number of allylic oxidation sites excluding steroid dienone is 1. The van der Waals surface area contributed by atoms with E-state index < -0.39 is 0 Å². The highest BCUT2D eigenvalue weighted by atomic mass is 16.5. The predicted molar refractivity (Wildman–Crippen MR) is 110 cm³/mol. The summed E-state index contributed by atoms with van der Waals surface area (Å²) in [6, 6.07) is 5.46. The third-order valence-corrected chi connectivity index (χ3v) is 3.98. The van der Waals surface area contributed by atoms with E-state index >= 15 is 0 Å². The summed E-state index contributed by atoms with van der Waals surface area (Å²) < 4.78 is 10.8. The Morgan fingerprint density at radius 3 is 2.52 bits per heavy atom. The van der Waals surface area contributed by atoms with E-state index in [1.165, 1.54) is 19.3 Å².